The highest BCUT2D eigenvalue weighted by Crippen LogP contribution is 2.60. The van der Waals surface area contributed by atoms with E-state index in [1.54, 1.807) is 0 Å². The van der Waals surface area contributed by atoms with Gasteiger partial charge in [0.1, 0.15) is 61.3 Å². The van der Waals surface area contributed by atoms with Crippen LogP contribution >= 0.6 is 16.3 Å². The number of imidazole rings is 2. The van der Waals surface area contributed by atoms with Gasteiger partial charge in [-0.3, -0.25) is 9.13 Å². The van der Waals surface area contributed by atoms with Crippen LogP contribution in [0.2, 0.25) is 0 Å². The third-order valence-corrected chi connectivity index (χ3v) is 9.28. The van der Waals surface area contributed by atoms with E-state index in [9.17, 15) is 29.8 Å². The van der Waals surface area contributed by atoms with Gasteiger partial charge in [0.25, 0.3) is 0 Å². The largest absolute Gasteiger partial charge is 0.570 e. The summed E-state index contributed by atoms with van der Waals surface area (Å²) < 4.78 is 35.8. The summed E-state index contributed by atoms with van der Waals surface area (Å²) in [5.41, 5.74) is 12.5. The Balaban J connectivity index is 1.16. The van der Waals surface area contributed by atoms with Crippen molar-refractivity contribution in [1.82, 2.24) is 39.0 Å². The lowest BCUT2D eigenvalue weighted by Crippen LogP contribution is -2.40. The molecule has 8 atom stereocenters. The van der Waals surface area contributed by atoms with Crippen molar-refractivity contribution in [3.63, 3.8) is 0 Å². The van der Waals surface area contributed by atoms with Crippen LogP contribution in [0, 0.1) is 0 Å². The SMILES string of the molecule is Nc1ncnc2c1ncn2[C@@H]1O[C@@H]2CO[P+](O)(O)O[C@H]3[C@@H](O)[C@H](n4cnc5c(N)ncnc54)O[C@@H]3CO[P+](O)(O)O[C@H]2[C@H]1O. The molecule has 0 radical (unpaired) electrons. The first-order chi connectivity index (χ1) is 20.9. The van der Waals surface area contributed by atoms with Gasteiger partial charge in [0.2, 0.25) is 0 Å². The van der Waals surface area contributed by atoms with E-state index in [0.717, 1.165) is 0 Å². The van der Waals surface area contributed by atoms with E-state index in [1.165, 1.54) is 34.4 Å². The van der Waals surface area contributed by atoms with Gasteiger partial charge in [0.15, 0.2) is 47.6 Å². The predicted molar refractivity (Wildman–Crippen MR) is 144 cm³/mol. The second kappa shape index (κ2) is 10.9. The Morgan fingerprint density at radius 1 is 0.659 bits per heavy atom. The molecule has 7 rings (SSSR count). The van der Waals surface area contributed by atoms with E-state index in [1.807, 2.05) is 0 Å². The van der Waals surface area contributed by atoms with Gasteiger partial charge in [-0.2, -0.15) is 28.6 Å². The van der Waals surface area contributed by atoms with Gasteiger partial charge in [-0.15, -0.1) is 9.05 Å². The second-order valence-electron chi connectivity index (χ2n) is 9.99. The first kappa shape index (κ1) is 29.8. The molecule has 3 saturated heterocycles. The Morgan fingerprint density at radius 3 is 1.48 bits per heavy atom. The molecule has 236 valence electrons. The van der Waals surface area contributed by atoms with Crippen molar-refractivity contribution in [3.8, 4) is 0 Å². The van der Waals surface area contributed by atoms with Crippen LogP contribution in [0.4, 0.5) is 11.6 Å². The highest BCUT2D eigenvalue weighted by atomic mass is 31.2. The lowest BCUT2D eigenvalue weighted by molar-refractivity contribution is -0.0747. The molecule has 44 heavy (non-hydrogen) atoms. The Morgan fingerprint density at radius 2 is 1.07 bits per heavy atom. The van der Waals surface area contributed by atoms with Gasteiger partial charge < -0.3 is 31.2 Å². The highest BCUT2D eigenvalue weighted by molar-refractivity contribution is 7.54. The third kappa shape index (κ3) is 5.13. The van der Waals surface area contributed by atoms with Crippen molar-refractivity contribution in [1.29, 1.82) is 0 Å². The first-order valence-corrected chi connectivity index (χ1v) is 15.9. The Labute approximate surface area is 246 Å². The number of aliphatic hydroxyl groups is 2. The van der Waals surface area contributed by atoms with E-state index in [2.05, 4.69) is 29.9 Å². The summed E-state index contributed by atoms with van der Waals surface area (Å²) in [4.78, 5) is 67.1. The number of aromatic nitrogens is 8. The number of rotatable bonds is 2. The molecule has 3 aliphatic heterocycles. The van der Waals surface area contributed by atoms with Crippen molar-refractivity contribution in [3.05, 3.63) is 25.3 Å². The molecule has 0 unspecified atom stereocenters. The second-order valence-corrected chi connectivity index (χ2v) is 12.9. The fourth-order valence-corrected chi connectivity index (χ4v) is 7.22. The Kier molecular flexibility index (Phi) is 7.35. The number of nitrogens with two attached hydrogens (primary N) is 2. The van der Waals surface area contributed by atoms with Crippen LogP contribution in [0.25, 0.3) is 22.3 Å². The standard InChI is InChI=1S/C20H26N10O12P2/c21-15-9-17(25-3-23-15)29(5-27-9)19-11(31)13-7(39-19)1-37-43(33,34)42-14-8(2-38-44(35,36)41-13)40-20(12(14)32)30-6-28-10-16(22)24-4-26-18(10)30/h3-8,11-14,19-20,31-36H,1-2H2,(H2,21,23,25)(H2,22,24,26)/q+2/t7-,8-,11-,12-,13-,14-,19-,20-/m1/s1. The van der Waals surface area contributed by atoms with E-state index in [-0.39, 0.29) is 34.0 Å². The van der Waals surface area contributed by atoms with Crippen LogP contribution in [0.5, 0.6) is 0 Å². The fraction of sp³-hybridized carbons (Fsp3) is 0.500. The zero-order valence-corrected chi connectivity index (χ0v) is 23.9. The van der Waals surface area contributed by atoms with Crippen LogP contribution < -0.4 is 11.5 Å². The molecule has 0 aromatic carbocycles. The summed E-state index contributed by atoms with van der Waals surface area (Å²) in [6.45, 7) is -1.38. The Hall–Kier alpha value is -2.92. The molecule has 4 aromatic heterocycles. The number of hydrogen-bond donors (Lipinski definition) is 8. The Bertz CT molecular complexity index is 1570. The summed E-state index contributed by atoms with van der Waals surface area (Å²) in [6.07, 6.45) is -6.65. The van der Waals surface area contributed by atoms with Crippen LogP contribution in [0.15, 0.2) is 25.3 Å². The van der Waals surface area contributed by atoms with Gasteiger partial charge in [0, 0.05) is 0 Å². The number of nitrogens with zero attached hydrogens (tertiary/aromatic N) is 8. The average Bonchev–Trinajstić information content (AvgIpc) is 3.73. The maximum absolute atomic E-state index is 11.2. The van der Waals surface area contributed by atoms with Crippen LogP contribution in [0.3, 0.4) is 0 Å². The molecule has 0 amide bonds. The van der Waals surface area contributed by atoms with Crippen molar-refractivity contribution in [2.45, 2.75) is 49.1 Å². The zero-order chi connectivity index (χ0) is 31.0. The lowest BCUT2D eigenvalue weighted by atomic mass is 10.1. The number of hydrogen-bond acceptors (Lipinski definition) is 20. The molecule has 24 heteroatoms. The molecular formula is C20H26N10O12P2+2. The van der Waals surface area contributed by atoms with Crippen LogP contribution in [-0.2, 0) is 27.6 Å². The lowest BCUT2D eigenvalue weighted by Gasteiger charge is -2.24. The quantitative estimate of drug-likeness (QED) is 0.103. The molecule has 10 N–H and O–H groups in total. The summed E-state index contributed by atoms with van der Waals surface area (Å²) in [6, 6.07) is 0. The minimum absolute atomic E-state index is 0.0690. The number of anilines is 2. The van der Waals surface area contributed by atoms with E-state index in [0.29, 0.717) is 0 Å². The van der Waals surface area contributed by atoms with Crippen LogP contribution in [0.1, 0.15) is 12.5 Å². The molecular weight excluding hydrogens is 634 g/mol. The minimum Gasteiger partial charge on any atom is -0.385 e. The molecule has 4 aromatic rings. The van der Waals surface area contributed by atoms with Gasteiger partial charge >= 0.3 is 16.3 Å². The number of aliphatic hydroxyl groups excluding tert-OH is 2. The van der Waals surface area contributed by atoms with Crippen LogP contribution in [-0.4, -0.2) is 119 Å². The third-order valence-electron chi connectivity index (χ3n) is 7.27. The monoisotopic (exact) mass is 660 g/mol. The average molecular weight is 660 g/mol. The fourth-order valence-electron chi connectivity index (χ4n) is 5.26. The van der Waals surface area contributed by atoms with Gasteiger partial charge in [-0.1, -0.05) is 0 Å². The smallest absolute Gasteiger partial charge is 0.385 e. The van der Waals surface area contributed by atoms with Crippen molar-refractivity contribution >= 4 is 50.3 Å². The molecule has 3 fully saturated rings. The molecule has 3 aliphatic rings. The van der Waals surface area contributed by atoms with E-state index < -0.39 is 78.6 Å². The summed E-state index contributed by atoms with van der Waals surface area (Å²) in [5.74, 6) is 0.138. The predicted octanol–water partition coefficient (Wildman–Crippen LogP) is -2.51. The summed E-state index contributed by atoms with van der Waals surface area (Å²) in [5, 5.41) is 22.3. The normalized spacial score (nSPS) is 34.0. The first-order valence-electron chi connectivity index (χ1n) is 12.8. The maximum Gasteiger partial charge on any atom is 0.570 e. The van der Waals surface area contributed by atoms with Crippen molar-refractivity contribution < 1.29 is 57.4 Å². The maximum atomic E-state index is 11.2. The van der Waals surface area contributed by atoms with Gasteiger partial charge in [-0.05, 0) is 0 Å². The topological polar surface area (TPSA) is 316 Å². The van der Waals surface area contributed by atoms with Gasteiger partial charge in [-0.25, -0.2) is 29.9 Å². The number of nitrogen functional groups attached to an aromatic ring is 2. The molecule has 0 saturated carbocycles. The van der Waals surface area contributed by atoms with Crippen molar-refractivity contribution in [2.24, 2.45) is 0 Å². The van der Waals surface area contributed by atoms with Crippen molar-refractivity contribution in [2.75, 3.05) is 24.7 Å². The number of ether oxygens (including phenoxy) is 2. The molecule has 0 spiro atoms. The molecule has 0 aliphatic carbocycles. The minimum atomic E-state index is -4.74. The molecule has 7 heterocycles. The molecule has 0 bridgehead atoms. The molecule has 22 nitrogen and oxygen atoms in total. The zero-order valence-electron chi connectivity index (χ0n) is 22.1. The van der Waals surface area contributed by atoms with Gasteiger partial charge in [0.05, 0.1) is 12.7 Å². The highest BCUT2D eigenvalue weighted by Gasteiger charge is 2.61. The number of fused-ring (bicyclic) bond motifs is 4. The van der Waals surface area contributed by atoms with E-state index >= 15 is 0 Å². The van der Waals surface area contributed by atoms with E-state index in [4.69, 9.17) is 39.0 Å². The summed E-state index contributed by atoms with van der Waals surface area (Å²) in [7, 11) is -9.47. The summed E-state index contributed by atoms with van der Waals surface area (Å²) >= 11 is 0.